The van der Waals surface area contributed by atoms with Crippen molar-refractivity contribution in [1.82, 2.24) is 4.98 Å². The Labute approximate surface area is 135 Å². The minimum atomic E-state index is -1.05. The Hall–Kier alpha value is -1.82. The van der Waals surface area contributed by atoms with Crippen molar-refractivity contribution in [3.05, 3.63) is 56.7 Å². The maximum absolute atomic E-state index is 10.7. The Morgan fingerprint density at radius 3 is 2.52 bits per heavy atom. The number of hydrogen-bond donors (Lipinski definition) is 2. The molecule has 1 heterocycles. The summed E-state index contributed by atoms with van der Waals surface area (Å²) in [6.07, 6.45) is 2.63. The van der Waals surface area contributed by atoms with Crippen molar-refractivity contribution in [3.8, 4) is 0 Å². The summed E-state index contributed by atoms with van der Waals surface area (Å²) in [5.41, 5.74) is 3.20. The van der Waals surface area contributed by atoms with E-state index in [1.54, 1.807) is 12.1 Å². The second kappa shape index (κ2) is 6.76. The molecule has 0 aliphatic heterocycles. The van der Waals surface area contributed by atoms with Crippen LogP contribution in [0.5, 0.6) is 0 Å². The van der Waals surface area contributed by atoms with Crippen LogP contribution in [0.4, 0.5) is 5.82 Å². The van der Waals surface area contributed by atoms with Crippen LogP contribution in [-0.2, 0) is 0 Å². The number of carboxylic acids is 1. The molecule has 2 rings (SSSR count). The molecule has 2 N–H and O–H groups in total. The molecule has 0 saturated carbocycles. The molecule has 0 radical (unpaired) electrons. The van der Waals surface area contributed by atoms with Gasteiger partial charge in [0.05, 0.1) is 26.8 Å². The van der Waals surface area contributed by atoms with Crippen LogP contribution >= 0.6 is 34.8 Å². The zero-order chi connectivity index (χ0) is 15.4. The Kier molecular flexibility index (Phi) is 5.01. The van der Waals surface area contributed by atoms with Crippen molar-refractivity contribution in [2.24, 2.45) is 5.10 Å². The maximum atomic E-state index is 10.7. The lowest BCUT2D eigenvalue weighted by Gasteiger charge is -2.03. The molecule has 108 valence electrons. The molecule has 0 unspecified atom stereocenters. The topological polar surface area (TPSA) is 74.6 Å². The molecule has 2 aromatic rings. The Balaban J connectivity index is 2.13. The number of pyridine rings is 1. The Bertz CT molecular complexity index is 703. The molecule has 0 fully saturated rings. The van der Waals surface area contributed by atoms with Gasteiger partial charge in [-0.05, 0) is 24.3 Å². The summed E-state index contributed by atoms with van der Waals surface area (Å²) < 4.78 is 0. The molecule has 0 aliphatic carbocycles. The smallest absolute Gasteiger partial charge is 0.337 e. The van der Waals surface area contributed by atoms with Crippen LogP contribution in [0.2, 0.25) is 15.1 Å². The lowest BCUT2D eigenvalue weighted by atomic mass is 10.2. The van der Waals surface area contributed by atoms with E-state index in [4.69, 9.17) is 39.9 Å². The largest absolute Gasteiger partial charge is 0.478 e. The first-order valence-electron chi connectivity index (χ1n) is 5.61. The first-order valence-corrected chi connectivity index (χ1v) is 6.74. The van der Waals surface area contributed by atoms with E-state index in [2.05, 4.69) is 15.5 Å². The van der Waals surface area contributed by atoms with Crippen LogP contribution < -0.4 is 5.43 Å². The highest BCUT2D eigenvalue weighted by molar-refractivity contribution is 6.45. The van der Waals surface area contributed by atoms with Crippen molar-refractivity contribution >= 4 is 52.8 Å². The minimum absolute atomic E-state index is 0.0884. The van der Waals surface area contributed by atoms with Crippen LogP contribution in [0.3, 0.4) is 0 Å². The monoisotopic (exact) mass is 343 g/mol. The molecule has 21 heavy (non-hydrogen) atoms. The summed E-state index contributed by atoms with van der Waals surface area (Å²) in [6, 6.07) is 6.09. The second-order valence-electron chi connectivity index (χ2n) is 3.86. The van der Waals surface area contributed by atoms with Crippen LogP contribution in [-0.4, -0.2) is 22.3 Å². The van der Waals surface area contributed by atoms with Crippen molar-refractivity contribution in [2.45, 2.75) is 0 Å². The average Bonchev–Trinajstić information content (AvgIpc) is 2.47. The fourth-order valence-corrected chi connectivity index (χ4v) is 2.04. The maximum Gasteiger partial charge on any atom is 0.337 e. The first-order chi connectivity index (χ1) is 9.99. The summed E-state index contributed by atoms with van der Waals surface area (Å²) in [5.74, 6) is -0.666. The third-order valence-corrected chi connectivity index (χ3v) is 3.61. The molecular weight excluding hydrogens is 337 g/mol. The number of carboxylic acid groups (broad SMARTS) is 1. The molecule has 0 bridgehead atoms. The normalized spacial score (nSPS) is 10.8. The predicted molar refractivity (Wildman–Crippen MR) is 83.9 cm³/mol. The van der Waals surface area contributed by atoms with Crippen LogP contribution in [0.25, 0.3) is 0 Å². The second-order valence-corrected chi connectivity index (χ2v) is 5.06. The Morgan fingerprint density at radius 2 is 1.90 bits per heavy atom. The number of benzene rings is 1. The lowest BCUT2D eigenvalue weighted by Crippen LogP contribution is -1.99. The molecule has 5 nitrogen and oxygen atoms in total. The van der Waals surface area contributed by atoms with Crippen molar-refractivity contribution < 1.29 is 9.90 Å². The van der Waals surface area contributed by atoms with Crippen LogP contribution in [0.1, 0.15) is 15.9 Å². The van der Waals surface area contributed by atoms with E-state index in [0.717, 1.165) is 0 Å². The van der Waals surface area contributed by atoms with Crippen molar-refractivity contribution in [2.75, 3.05) is 5.43 Å². The number of rotatable bonds is 4. The number of hydrogen-bond acceptors (Lipinski definition) is 4. The van der Waals surface area contributed by atoms with Gasteiger partial charge in [0.2, 0.25) is 0 Å². The van der Waals surface area contributed by atoms with E-state index in [0.29, 0.717) is 26.4 Å². The lowest BCUT2D eigenvalue weighted by molar-refractivity contribution is 0.0696. The number of nitrogens with one attached hydrogen (secondary N) is 1. The number of halogens is 3. The van der Waals surface area contributed by atoms with Gasteiger partial charge >= 0.3 is 5.97 Å². The fraction of sp³-hybridized carbons (Fsp3) is 0. The molecule has 0 saturated heterocycles. The fourth-order valence-electron chi connectivity index (χ4n) is 1.41. The summed E-state index contributed by atoms with van der Waals surface area (Å²) in [6.45, 7) is 0. The SMILES string of the molecule is O=C(O)c1ccc(N/N=C/c2c(Cl)ccc(Cl)c2Cl)nc1. The molecular formula is C13H8Cl3N3O2. The zero-order valence-corrected chi connectivity index (χ0v) is 12.6. The van der Waals surface area contributed by atoms with E-state index in [1.165, 1.54) is 24.5 Å². The van der Waals surface area contributed by atoms with Gasteiger partial charge in [-0.25, -0.2) is 9.78 Å². The van der Waals surface area contributed by atoms with E-state index >= 15 is 0 Å². The van der Waals surface area contributed by atoms with Gasteiger partial charge in [0.15, 0.2) is 0 Å². The van der Waals surface area contributed by atoms with Crippen molar-refractivity contribution in [1.29, 1.82) is 0 Å². The molecule has 0 aliphatic rings. The van der Waals surface area contributed by atoms with Gasteiger partial charge in [-0.15, -0.1) is 0 Å². The van der Waals surface area contributed by atoms with Gasteiger partial charge in [0.25, 0.3) is 0 Å². The van der Waals surface area contributed by atoms with Crippen LogP contribution in [0.15, 0.2) is 35.6 Å². The van der Waals surface area contributed by atoms with Gasteiger partial charge in [-0.3, -0.25) is 5.43 Å². The predicted octanol–water partition coefficient (Wildman–Crippen LogP) is 4.19. The summed E-state index contributed by atoms with van der Waals surface area (Å²) in [5, 5.41) is 13.8. The third-order valence-electron chi connectivity index (χ3n) is 2.46. The first kappa shape index (κ1) is 15.6. The molecule has 0 spiro atoms. The summed E-state index contributed by atoms with van der Waals surface area (Å²) in [4.78, 5) is 14.6. The molecule has 1 aromatic carbocycles. The van der Waals surface area contributed by atoms with E-state index in [-0.39, 0.29) is 5.56 Å². The van der Waals surface area contributed by atoms with Crippen molar-refractivity contribution in [3.63, 3.8) is 0 Å². The average molecular weight is 345 g/mol. The highest BCUT2D eigenvalue weighted by Crippen LogP contribution is 2.30. The number of anilines is 1. The van der Waals surface area contributed by atoms with E-state index in [9.17, 15) is 4.79 Å². The number of aromatic nitrogens is 1. The summed E-state index contributed by atoms with van der Waals surface area (Å²) in [7, 11) is 0. The molecule has 0 amide bonds. The van der Waals surface area contributed by atoms with Gasteiger partial charge in [0, 0.05) is 11.8 Å². The van der Waals surface area contributed by atoms with Crippen LogP contribution in [0, 0.1) is 0 Å². The third kappa shape index (κ3) is 3.85. The van der Waals surface area contributed by atoms with Gasteiger partial charge in [-0.1, -0.05) is 34.8 Å². The highest BCUT2D eigenvalue weighted by atomic mass is 35.5. The molecule has 1 aromatic heterocycles. The molecule has 8 heteroatoms. The summed E-state index contributed by atoms with van der Waals surface area (Å²) >= 11 is 17.9. The number of nitrogens with zero attached hydrogens (tertiary/aromatic N) is 2. The van der Waals surface area contributed by atoms with Gasteiger partial charge < -0.3 is 5.11 Å². The standard InChI is InChI=1S/C13H8Cl3N3O2/c14-9-2-3-10(15)12(16)8(9)6-18-19-11-4-1-7(5-17-11)13(20)21/h1-6H,(H,17,19)(H,20,21)/b18-6+. The van der Waals surface area contributed by atoms with E-state index < -0.39 is 5.97 Å². The van der Waals surface area contributed by atoms with Gasteiger partial charge in [0.1, 0.15) is 5.82 Å². The quantitative estimate of drug-likeness (QED) is 0.495. The Morgan fingerprint density at radius 1 is 1.19 bits per heavy atom. The minimum Gasteiger partial charge on any atom is -0.478 e. The van der Waals surface area contributed by atoms with Gasteiger partial charge in [-0.2, -0.15) is 5.10 Å². The zero-order valence-electron chi connectivity index (χ0n) is 10.3. The number of hydrazone groups is 1. The van der Waals surface area contributed by atoms with E-state index in [1.807, 2.05) is 0 Å². The molecule has 0 atom stereocenters. The number of aromatic carboxylic acids is 1. The number of carbonyl (C=O) groups is 1. The highest BCUT2D eigenvalue weighted by Gasteiger charge is 2.07.